The number of aryl methyl sites for hydroxylation is 1. The first-order valence-electron chi connectivity index (χ1n) is 4.41. The van der Waals surface area contributed by atoms with Crippen molar-refractivity contribution in [2.24, 2.45) is 5.73 Å². The van der Waals surface area contributed by atoms with E-state index in [4.69, 9.17) is 17.3 Å². The van der Waals surface area contributed by atoms with Crippen LogP contribution in [0.15, 0.2) is 18.2 Å². The van der Waals surface area contributed by atoms with Crippen LogP contribution in [0.2, 0.25) is 5.02 Å². The van der Waals surface area contributed by atoms with E-state index in [1.54, 1.807) is 6.07 Å². The smallest absolute Gasteiger partial charge is 0.0957 e. The number of halogens is 1. The Hall–Kier alpha value is -0.570. The number of aliphatic hydroxyl groups excluding tert-OH is 1. The monoisotopic (exact) mass is 197 g/mol. The van der Waals surface area contributed by atoms with Crippen molar-refractivity contribution in [3.05, 3.63) is 34.3 Å². The van der Waals surface area contributed by atoms with Crippen LogP contribution in [0.1, 0.15) is 23.7 Å². The molecule has 3 heteroatoms. The van der Waals surface area contributed by atoms with Crippen LogP contribution >= 0.6 is 11.6 Å². The molecule has 70 valence electrons. The Bertz CT molecular complexity index is 327. The summed E-state index contributed by atoms with van der Waals surface area (Å²) in [5.74, 6) is 0. The second kappa shape index (κ2) is 3.29. The molecule has 0 amide bonds. The first kappa shape index (κ1) is 9.00. The largest absolute Gasteiger partial charge is 0.387 e. The Morgan fingerprint density at radius 2 is 2.23 bits per heavy atom. The summed E-state index contributed by atoms with van der Waals surface area (Å²) in [6.45, 7) is 0. The molecule has 13 heavy (non-hydrogen) atoms. The molecule has 1 aromatic rings. The van der Waals surface area contributed by atoms with E-state index >= 15 is 0 Å². The molecule has 1 aromatic carbocycles. The molecule has 0 unspecified atom stereocenters. The van der Waals surface area contributed by atoms with E-state index in [1.807, 2.05) is 12.1 Å². The molecule has 2 nitrogen and oxygen atoms in total. The highest BCUT2D eigenvalue weighted by Gasteiger charge is 2.26. The fraction of sp³-hybridized carbons (Fsp3) is 0.400. The van der Waals surface area contributed by atoms with Crippen molar-refractivity contribution in [3.63, 3.8) is 0 Å². The minimum atomic E-state index is -0.600. The number of nitrogens with two attached hydrogens (primary N) is 1. The molecule has 0 saturated carbocycles. The number of hydrogen-bond donors (Lipinski definition) is 2. The maximum Gasteiger partial charge on any atom is 0.0957 e. The summed E-state index contributed by atoms with van der Waals surface area (Å²) in [6.07, 6.45) is 1.14. The highest BCUT2D eigenvalue weighted by Crippen LogP contribution is 2.33. The molecule has 0 bridgehead atoms. The fourth-order valence-corrected chi connectivity index (χ4v) is 2.13. The molecule has 2 atom stereocenters. The summed E-state index contributed by atoms with van der Waals surface area (Å²) in [7, 11) is 0. The van der Waals surface area contributed by atoms with Gasteiger partial charge >= 0.3 is 0 Å². The van der Waals surface area contributed by atoms with Crippen LogP contribution in [0.3, 0.4) is 0 Å². The van der Waals surface area contributed by atoms with E-state index in [0.717, 1.165) is 24.0 Å². The van der Waals surface area contributed by atoms with E-state index in [2.05, 4.69) is 0 Å². The van der Waals surface area contributed by atoms with E-state index in [-0.39, 0.29) is 6.04 Å². The molecule has 2 rings (SSSR count). The molecule has 0 fully saturated rings. The minimum absolute atomic E-state index is 0.174. The van der Waals surface area contributed by atoms with Crippen molar-refractivity contribution < 1.29 is 5.11 Å². The predicted molar refractivity (Wildman–Crippen MR) is 52.7 cm³/mol. The van der Waals surface area contributed by atoms with E-state index in [1.165, 1.54) is 0 Å². The number of hydrogen-bond acceptors (Lipinski definition) is 2. The molecule has 1 aliphatic carbocycles. The van der Waals surface area contributed by atoms with Gasteiger partial charge in [0.25, 0.3) is 0 Å². The standard InChI is InChI=1S/C10H12ClNO/c11-7-3-1-2-6-4-5-8(12)10(13)9(6)7/h1-3,8,10,13H,4-5,12H2/t8-,10-/m1/s1. The Morgan fingerprint density at radius 3 is 3.00 bits per heavy atom. The van der Waals surface area contributed by atoms with Gasteiger partial charge in [-0.25, -0.2) is 0 Å². The average Bonchev–Trinajstić information content (AvgIpc) is 2.12. The summed E-state index contributed by atoms with van der Waals surface area (Å²) in [6, 6.07) is 5.52. The highest BCUT2D eigenvalue weighted by atomic mass is 35.5. The van der Waals surface area contributed by atoms with E-state index < -0.39 is 6.10 Å². The van der Waals surface area contributed by atoms with Gasteiger partial charge in [-0.1, -0.05) is 23.7 Å². The zero-order valence-corrected chi connectivity index (χ0v) is 7.96. The molecule has 3 N–H and O–H groups in total. The van der Waals surface area contributed by atoms with Crippen LogP contribution in [0, 0.1) is 0 Å². The number of aliphatic hydroxyl groups is 1. The minimum Gasteiger partial charge on any atom is -0.387 e. The molecule has 0 radical (unpaired) electrons. The van der Waals surface area contributed by atoms with Crippen molar-refractivity contribution in [2.45, 2.75) is 25.0 Å². The normalized spacial score (nSPS) is 27.0. The molecule has 0 aromatic heterocycles. The molecular weight excluding hydrogens is 186 g/mol. The number of fused-ring (bicyclic) bond motifs is 1. The van der Waals surface area contributed by atoms with Gasteiger partial charge in [-0.3, -0.25) is 0 Å². The van der Waals surface area contributed by atoms with Crippen molar-refractivity contribution >= 4 is 11.6 Å². The van der Waals surface area contributed by atoms with Gasteiger partial charge in [0, 0.05) is 16.6 Å². The Morgan fingerprint density at radius 1 is 1.46 bits per heavy atom. The number of rotatable bonds is 0. The maximum absolute atomic E-state index is 9.80. The van der Waals surface area contributed by atoms with Gasteiger partial charge in [0.1, 0.15) is 0 Å². The first-order chi connectivity index (χ1) is 6.20. The molecule has 0 heterocycles. The lowest BCUT2D eigenvalue weighted by Gasteiger charge is -2.27. The van der Waals surface area contributed by atoms with Gasteiger partial charge < -0.3 is 10.8 Å². The van der Waals surface area contributed by atoms with Gasteiger partial charge in [0.15, 0.2) is 0 Å². The third-order valence-corrected chi connectivity index (χ3v) is 2.92. The van der Waals surface area contributed by atoms with Crippen LogP contribution in [-0.4, -0.2) is 11.1 Å². The second-order valence-corrected chi connectivity index (χ2v) is 3.87. The third kappa shape index (κ3) is 1.46. The molecule has 0 saturated heterocycles. The average molecular weight is 198 g/mol. The van der Waals surface area contributed by atoms with Crippen LogP contribution in [0.25, 0.3) is 0 Å². The van der Waals surface area contributed by atoms with Crippen LogP contribution < -0.4 is 5.73 Å². The molecule has 0 aliphatic heterocycles. The molecular formula is C10H12ClNO. The second-order valence-electron chi connectivity index (χ2n) is 3.46. The summed E-state index contributed by atoms with van der Waals surface area (Å²) < 4.78 is 0. The van der Waals surface area contributed by atoms with Crippen molar-refractivity contribution in [1.29, 1.82) is 0 Å². The topological polar surface area (TPSA) is 46.2 Å². The highest BCUT2D eigenvalue weighted by molar-refractivity contribution is 6.31. The summed E-state index contributed by atoms with van der Waals surface area (Å²) in [5, 5.41) is 10.4. The lowest BCUT2D eigenvalue weighted by molar-refractivity contribution is 0.134. The quantitative estimate of drug-likeness (QED) is 0.665. The van der Waals surface area contributed by atoms with Crippen LogP contribution in [0.5, 0.6) is 0 Å². The van der Waals surface area contributed by atoms with E-state index in [9.17, 15) is 5.11 Å². The Labute approximate surface area is 82.3 Å². The van der Waals surface area contributed by atoms with Gasteiger partial charge in [0.05, 0.1) is 6.10 Å². The van der Waals surface area contributed by atoms with Gasteiger partial charge in [-0.05, 0) is 24.5 Å². The van der Waals surface area contributed by atoms with Gasteiger partial charge in [-0.15, -0.1) is 0 Å². The lowest BCUT2D eigenvalue weighted by Crippen LogP contribution is -2.33. The van der Waals surface area contributed by atoms with Crippen molar-refractivity contribution in [3.8, 4) is 0 Å². The number of benzene rings is 1. The molecule has 0 spiro atoms. The van der Waals surface area contributed by atoms with Crippen molar-refractivity contribution in [2.75, 3.05) is 0 Å². The van der Waals surface area contributed by atoms with Gasteiger partial charge in [0.2, 0.25) is 0 Å². The van der Waals surface area contributed by atoms with Gasteiger partial charge in [-0.2, -0.15) is 0 Å². The zero-order valence-electron chi connectivity index (χ0n) is 7.20. The maximum atomic E-state index is 9.80. The first-order valence-corrected chi connectivity index (χ1v) is 4.79. The van der Waals surface area contributed by atoms with E-state index in [0.29, 0.717) is 5.02 Å². The van der Waals surface area contributed by atoms with Crippen LogP contribution in [0.4, 0.5) is 0 Å². The summed E-state index contributed by atoms with van der Waals surface area (Å²) in [4.78, 5) is 0. The third-order valence-electron chi connectivity index (χ3n) is 2.59. The zero-order chi connectivity index (χ0) is 9.42. The summed E-state index contributed by atoms with van der Waals surface area (Å²) in [5.41, 5.74) is 7.70. The Balaban J connectivity index is 2.51. The molecule has 1 aliphatic rings. The van der Waals surface area contributed by atoms with Crippen LogP contribution in [-0.2, 0) is 6.42 Å². The predicted octanol–water partition coefficient (Wildman–Crippen LogP) is 1.65. The lowest BCUT2D eigenvalue weighted by atomic mass is 9.86. The SMILES string of the molecule is N[C@@H]1CCc2cccc(Cl)c2[C@@H]1O. The Kier molecular flexibility index (Phi) is 2.28. The summed E-state index contributed by atoms with van der Waals surface area (Å²) >= 11 is 5.99. The van der Waals surface area contributed by atoms with Crippen molar-refractivity contribution in [1.82, 2.24) is 0 Å². The fourth-order valence-electron chi connectivity index (χ4n) is 1.83.